The molecule has 0 radical (unpaired) electrons. The van der Waals surface area contributed by atoms with E-state index >= 15 is 0 Å². The summed E-state index contributed by atoms with van der Waals surface area (Å²) in [5.41, 5.74) is 1.67. The first-order valence-corrected chi connectivity index (χ1v) is 11.2. The first-order chi connectivity index (χ1) is 16.0. The molecule has 10 nitrogen and oxygen atoms in total. The van der Waals surface area contributed by atoms with E-state index in [2.05, 4.69) is 30.6 Å². The summed E-state index contributed by atoms with van der Waals surface area (Å²) in [6, 6.07) is 10.7. The number of carbonyl (C=O) groups is 1. The smallest absolute Gasteiger partial charge is 0.249 e. The summed E-state index contributed by atoms with van der Waals surface area (Å²) in [5.74, 6) is 1.60. The molecule has 33 heavy (non-hydrogen) atoms. The van der Waals surface area contributed by atoms with Crippen LogP contribution in [0.3, 0.4) is 0 Å². The van der Waals surface area contributed by atoms with Crippen LogP contribution in [0.5, 0.6) is 5.75 Å². The van der Waals surface area contributed by atoms with Crippen molar-refractivity contribution in [3.8, 4) is 22.8 Å². The number of nitrogens with zero attached hydrogens (tertiary/aromatic N) is 6. The topological polar surface area (TPSA) is 121 Å². The Morgan fingerprint density at radius 3 is 2.64 bits per heavy atom. The van der Waals surface area contributed by atoms with E-state index in [1.54, 1.807) is 38.0 Å². The Hall–Kier alpha value is -3.73. The van der Waals surface area contributed by atoms with Crippen molar-refractivity contribution in [1.29, 1.82) is 0 Å². The molecule has 11 heteroatoms. The molecule has 4 rings (SSSR count). The Balaban J connectivity index is 1.41. The highest BCUT2D eigenvalue weighted by atomic mass is 32.2. The molecule has 0 aliphatic rings. The number of rotatable bonds is 9. The minimum Gasteiger partial charge on any atom is -0.497 e. The number of thioether (sulfide) groups is 1. The van der Waals surface area contributed by atoms with Gasteiger partial charge in [0.05, 0.1) is 12.9 Å². The number of pyridine rings is 1. The summed E-state index contributed by atoms with van der Waals surface area (Å²) >= 11 is 1.29. The van der Waals surface area contributed by atoms with Gasteiger partial charge in [-0.25, -0.2) is 0 Å². The number of nitrogens with one attached hydrogen (secondary N) is 1. The quantitative estimate of drug-likeness (QED) is 0.371. The lowest BCUT2D eigenvalue weighted by atomic mass is 10.0. The van der Waals surface area contributed by atoms with Crippen molar-refractivity contribution >= 4 is 17.7 Å². The summed E-state index contributed by atoms with van der Waals surface area (Å²) in [5, 5.41) is 15.8. The number of hydrogen-bond acceptors (Lipinski definition) is 9. The van der Waals surface area contributed by atoms with E-state index in [1.165, 1.54) is 11.8 Å². The van der Waals surface area contributed by atoms with Crippen LogP contribution in [0.25, 0.3) is 17.1 Å². The van der Waals surface area contributed by atoms with Gasteiger partial charge in [0.1, 0.15) is 18.1 Å². The van der Waals surface area contributed by atoms with Crippen LogP contribution in [0.15, 0.2) is 64.8 Å². The van der Waals surface area contributed by atoms with E-state index in [1.807, 2.05) is 42.7 Å². The monoisotopic (exact) mass is 465 g/mol. The summed E-state index contributed by atoms with van der Waals surface area (Å²) in [6.45, 7) is 3.96. The van der Waals surface area contributed by atoms with E-state index in [0.29, 0.717) is 16.9 Å². The first-order valence-electron chi connectivity index (χ1n) is 10.3. The van der Waals surface area contributed by atoms with Gasteiger partial charge >= 0.3 is 0 Å². The van der Waals surface area contributed by atoms with Gasteiger partial charge in [-0.05, 0) is 42.3 Å². The fraction of sp³-hybridized carbons (Fsp3) is 0.273. The highest BCUT2D eigenvalue weighted by molar-refractivity contribution is 7.99. The lowest BCUT2D eigenvalue weighted by molar-refractivity contribution is -0.119. The van der Waals surface area contributed by atoms with E-state index in [-0.39, 0.29) is 17.6 Å². The van der Waals surface area contributed by atoms with E-state index in [0.717, 1.165) is 17.0 Å². The van der Waals surface area contributed by atoms with Crippen molar-refractivity contribution < 1.29 is 14.1 Å². The predicted molar refractivity (Wildman–Crippen MR) is 122 cm³/mol. The van der Waals surface area contributed by atoms with Crippen LogP contribution in [0.2, 0.25) is 0 Å². The molecule has 1 N–H and O–H groups in total. The van der Waals surface area contributed by atoms with E-state index in [9.17, 15) is 4.79 Å². The Morgan fingerprint density at radius 1 is 1.18 bits per heavy atom. The zero-order valence-corrected chi connectivity index (χ0v) is 19.2. The average Bonchev–Trinajstić information content (AvgIpc) is 3.52. The highest BCUT2D eigenvalue weighted by Crippen LogP contribution is 2.25. The lowest BCUT2D eigenvalue weighted by Crippen LogP contribution is -2.33. The van der Waals surface area contributed by atoms with E-state index < -0.39 is 6.04 Å². The van der Waals surface area contributed by atoms with Crippen LogP contribution in [0.4, 0.5) is 0 Å². The van der Waals surface area contributed by atoms with Crippen LogP contribution >= 0.6 is 11.8 Å². The first kappa shape index (κ1) is 22.5. The molecule has 0 spiro atoms. The van der Waals surface area contributed by atoms with E-state index in [4.69, 9.17) is 9.26 Å². The standard InChI is InChI=1S/C22H23N7O3S/c1-14(2)19(21-26-20(28-32-21)15-8-10-23-11-9-15)25-18(30)12-33-22-27-24-13-29(22)16-4-6-17(31-3)7-5-16/h4-11,13-14,19H,12H2,1-3H3,(H,25,30). The summed E-state index contributed by atoms with van der Waals surface area (Å²) in [4.78, 5) is 21.2. The van der Waals surface area contributed by atoms with Crippen molar-refractivity contribution in [3.63, 3.8) is 0 Å². The van der Waals surface area contributed by atoms with Crippen LogP contribution in [0.1, 0.15) is 25.8 Å². The minimum absolute atomic E-state index is 0.0487. The molecular weight excluding hydrogens is 442 g/mol. The van der Waals surface area contributed by atoms with Crippen molar-refractivity contribution in [3.05, 3.63) is 61.0 Å². The van der Waals surface area contributed by atoms with Gasteiger partial charge in [-0.2, -0.15) is 4.98 Å². The highest BCUT2D eigenvalue weighted by Gasteiger charge is 2.25. The second-order valence-corrected chi connectivity index (χ2v) is 8.39. The van der Waals surface area contributed by atoms with Gasteiger partial charge in [0.25, 0.3) is 0 Å². The molecule has 1 unspecified atom stereocenters. The van der Waals surface area contributed by atoms with Gasteiger partial charge in [-0.1, -0.05) is 30.8 Å². The second kappa shape index (κ2) is 10.3. The summed E-state index contributed by atoms with van der Waals surface area (Å²) in [7, 11) is 1.62. The largest absolute Gasteiger partial charge is 0.497 e. The third-order valence-corrected chi connectivity index (χ3v) is 5.77. The molecule has 0 saturated heterocycles. The van der Waals surface area contributed by atoms with Crippen molar-refractivity contribution in [2.24, 2.45) is 5.92 Å². The number of amides is 1. The maximum Gasteiger partial charge on any atom is 0.249 e. The average molecular weight is 466 g/mol. The lowest BCUT2D eigenvalue weighted by Gasteiger charge is -2.18. The van der Waals surface area contributed by atoms with Gasteiger partial charge in [-0.15, -0.1) is 10.2 Å². The predicted octanol–water partition coefficient (Wildman–Crippen LogP) is 3.33. The Morgan fingerprint density at radius 2 is 1.94 bits per heavy atom. The second-order valence-electron chi connectivity index (χ2n) is 7.45. The molecule has 0 fully saturated rings. The SMILES string of the molecule is COc1ccc(-n2cnnc2SCC(=O)NC(c2nc(-c3ccncc3)no2)C(C)C)cc1. The maximum absolute atomic E-state index is 12.7. The molecule has 1 aromatic carbocycles. The molecule has 3 heterocycles. The summed E-state index contributed by atoms with van der Waals surface area (Å²) < 4.78 is 12.5. The number of benzene rings is 1. The minimum atomic E-state index is -0.416. The van der Waals surface area contributed by atoms with Crippen LogP contribution in [0, 0.1) is 5.92 Å². The van der Waals surface area contributed by atoms with Crippen LogP contribution < -0.4 is 10.1 Å². The third-order valence-electron chi connectivity index (χ3n) is 4.83. The van der Waals surface area contributed by atoms with Gasteiger partial charge in [0.2, 0.25) is 17.6 Å². The number of carbonyl (C=O) groups excluding carboxylic acids is 1. The Bertz CT molecular complexity index is 1190. The summed E-state index contributed by atoms with van der Waals surface area (Å²) in [6.07, 6.45) is 4.93. The molecule has 0 aliphatic carbocycles. The number of methoxy groups -OCH3 is 1. The molecule has 0 aliphatic heterocycles. The van der Waals surface area contributed by atoms with Gasteiger partial charge in [-0.3, -0.25) is 14.3 Å². The van der Waals surface area contributed by atoms with Crippen molar-refractivity contribution in [2.75, 3.05) is 12.9 Å². The number of aromatic nitrogens is 6. The number of hydrogen-bond donors (Lipinski definition) is 1. The molecule has 0 bridgehead atoms. The van der Waals surface area contributed by atoms with Crippen LogP contribution in [-0.4, -0.2) is 48.7 Å². The molecule has 3 aromatic heterocycles. The van der Waals surface area contributed by atoms with Gasteiger partial charge in [0, 0.05) is 23.6 Å². The molecular formula is C22H23N7O3S. The van der Waals surface area contributed by atoms with Gasteiger partial charge in [0.15, 0.2) is 5.16 Å². The third kappa shape index (κ3) is 5.37. The van der Waals surface area contributed by atoms with Crippen LogP contribution in [-0.2, 0) is 4.79 Å². The molecule has 1 atom stereocenters. The maximum atomic E-state index is 12.7. The normalized spacial score (nSPS) is 12.0. The van der Waals surface area contributed by atoms with Crippen molar-refractivity contribution in [1.82, 2.24) is 35.2 Å². The van der Waals surface area contributed by atoms with Crippen molar-refractivity contribution in [2.45, 2.75) is 25.0 Å². The fourth-order valence-electron chi connectivity index (χ4n) is 3.08. The Kier molecular flexibility index (Phi) is 6.98. The molecule has 0 saturated carbocycles. The Labute approximate surface area is 194 Å². The molecule has 1 amide bonds. The molecule has 170 valence electrons. The number of ether oxygens (including phenoxy) is 1. The fourth-order valence-corrected chi connectivity index (χ4v) is 3.82. The zero-order valence-electron chi connectivity index (χ0n) is 18.4. The van der Waals surface area contributed by atoms with Gasteiger partial charge < -0.3 is 14.6 Å². The molecule has 4 aromatic rings. The zero-order chi connectivity index (χ0) is 23.2.